The fourth-order valence-electron chi connectivity index (χ4n) is 3.64. The number of fused-ring (bicyclic) bond motifs is 2. The fraction of sp³-hybridized carbons (Fsp3) is 0.600. The van der Waals surface area contributed by atoms with E-state index in [1.165, 1.54) is 25.0 Å². The molecule has 0 radical (unpaired) electrons. The highest BCUT2D eigenvalue weighted by molar-refractivity contribution is 5.19. The van der Waals surface area contributed by atoms with Gasteiger partial charge in [-0.05, 0) is 56.3 Å². The molecule has 2 bridgehead atoms. The molecule has 0 aliphatic carbocycles. The average molecular weight is 249 g/mol. The molecule has 2 heterocycles. The number of hydrogen-bond donors (Lipinski definition) is 1. The maximum atomic E-state index is 12.9. The van der Waals surface area contributed by atoms with Gasteiger partial charge in [-0.25, -0.2) is 4.39 Å². The van der Waals surface area contributed by atoms with Crippen LogP contribution in [0.1, 0.15) is 37.4 Å². The van der Waals surface area contributed by atoms with Crippen LogP contribution in [0.3, 0.4) is 0 Å². The van der Waals surface area contributed by atoms with Crippen molar-refractivity contribution in [2.75, 3.05) is 7.05 Å². The second kappa shape index (κ2) is 4.63. The van der Waals surface area contributed by atoms with E-state index in [2.05, 4.69) is 11.9 Å². The standard InChI is InChI=1S/C15H20FNO/c1-17-13-6-7-14(17)9-11(8-13)15(18)10-2-4-12(16)5-3-10/h2-5,11,13-15,18H,6-9H2,1H3. The summed E-state index contributed by atoms with van der Waals surface area (Å²) in [5.74, 6) is 0.0820. The molecular formula is C15H20FNO. The lowest BCUT2D eigenvalue weighted by Gasteiger charge is -2.38. The lowest BCUT2D eigenvalue weighted by Crippen LogP contribution is -2.41. The summed E-state index contributed by atoms with van der Waals surface area (Å²) in [6.07, 6.45) is 4.20. The molecular weight excluding hydrogens is 229 g/mol. The van der Waals surface area contributed by atoms with Gasteiger partial charge in [0.25, 0.3) is 0 Å². The Labute approximate surface area is 107 Å². The van der Waals surface area contributed by atoms with Crippen LogP contribution in [0.4, 0.5) is 4.39 Å². The maximum absolute atomic E-state index is 12.9. The lowest BCUT2D eigenvalue weighted by atomic mass is 9.84. The van der Waals surface area contributed by atoms with Crippen LogP contribution in [0.5, 0.6) is 0 Å². The zero-order chi connectivity index (χ0) is 12.7. The van der Waals surface area contributed by atoms with E-state index in [9.17, 15) is 9.50 Å². The third-order valence-electron chi connectivity index (χ3n) is 4.79. The molecule has 98 valence electrons. The number of rotatable bonds is 2. The number of aliphatic hydroxyl groups excluding tert-OH is 1. The second-order valence-corrected chi connectivity index (χ2v) is 5.78. The van der Waals surface area contributed by atoms with Crippen molar-refractivity contribution < 1.29 is 9.50 Å². The first-order chi connectivity index (χ1) is 8.65. The summed E-state index contributed by atoms with van der Waals surface area (Å²) in [4.78, 5) is 2.47. The highest BCUT2D eigenvalue weighted by atomic mass is 19.1. The van der Waals surface area contributed by atoms with Gasteiger partial charge < -0.3 is 10.0 Å². The largest absolute Gasteiger partial charge is 0.388 e. The van der Waals surface area contributed by atoms with E-state index in [1.54, 1.807) is 12.1 Å². The Kier molecular flexibility index (Phi) is 3.12. The molecule has 1 aromatic rings. The van der Waals surface area contributed by atoms with Gasteiger partial charge in [-0.15, -0.1) is 0 Å². The molecule has 2 saturated heterocycles. The Balaban J connectivity index is 1.74. The van der Waals surface area contributed by atoms with Crippen LogP contribution in [-0.4, -0.2) is 29.1 Å². The summed E-state index contributed by atoms with van der Waals surface area (Å²) >= 11 is 0. The van der Waals surface area contributed by atoms with Crippen LogP contribution in [0.25, 0.3) is 0 Å². The molecule has 18 heavy (non-hydrogen) atoms. The van der Waals surface area contributed by atoms with Crippen LogP contribution >= 0.6 is 0 Å². The zero-order valence-corrected chi connectivity index (χ0v) is 10.7. The van der Waals surface area contributed by atoms with Crippen LogP contribution in [0, 0.1) is 11.7 Å². The summed E-state index contributed by atoms with van der Waals surface area (Å²) in [7, 11) is 2.20. The third-order valence-corrected chi connectivity index (χ3v) is 4.79. The molecule has 2 aliphatic heterocycles. The van der Waals surface area contributed by atoms with Crippen LogP contribution in [-0.2, 0) is 0 Å². The SMILES string of the molecule is CN1C2CCC1CC(C(O)c1ccc(F)cc1)C2. The van der Waals surface area contributed by atoms with E-state index >= 15 is 0 Å². The third kappa shape index (κ3) is 2.06. The molecule has 2 fully saturated rings. The Bertz CT molecular complexity index is 405. The quantitative estimate of drug-likeness (QED) is 0.871. The normalized spacial score (nSPS) is 33.6. The minimum atomic E-state index is -0.442. The van der Waals surface area contributed by atoms with Gasteiger partial charge in [-0.2, -0.15) is 0 Å². The van der Waals surface area contributed by atoms with Gasteiger partial charge in [0.05, 0.1) is 6.10 Å². The molecule has 0 amide bonds. The van der Waals surface area contributed by atoms with E-state index in [1.807, 2.05) is 0 Å². The molecule has 0 saturated carbocycles. The predicted octanol–water partition coefficient (Wildman–Crippen LogP) is 2.73. The van der Waals surface area contributed by atoms with Crippen molar-refractivity contribution in [1.82, 2.24) is 4.90 Å². The first-order valence-electron chi connectivity index (χ1n) is 6.80. The van der Waals surface area contributed by atoms with E-state index in [0.717, 1.165) is 18.4 Å². The van der Waals surface area contributed by atoms with E-state index < -0.39 is 6.10 Å². The monoisotopic (exact) mass is 249 g/mol. The summed E-state index contributed by atoms with van der Waals surface area (Å²) < 4.78 is 12.9. The van der Waals surface area contributed by atoms with Crippen LogP contribution < -0.4 is 0 Å². The highest BCUT2D eigenvalue weighted by Crippen LogP contribution is 2.42. The Morgan fingerprint density at radius 1 is 1.17 bits per heavy atom. The number of hydrogen-bond acceptors (Lipinski definition) is 2. The summed E-state index contributed by atoms with van der Waals surface area (Å²) in [6.45, 7) is 0. The summed E-state index contributed by atoms with van der Waals surface area (Å²) in [5.41, 5.74) is 0.852. The van der Waals surface area contributed by atoms with Gasteiger partial charge in [0.2, 0.25) is 0 Å². The Hall–Kier alpha value is -0.930. The number of benzene rings is 1. The van der Waals surface area contributed by atoms with Crippen molar-refractivity contribution in [1.29, 1.82) is 0 Å². The van der Waals surface area contributed by atoms with Gasteiger partial charge in [0, 0.05) is 12.1 Å². The molecule has 3 atom stereocenters. The first kappa shape index (κ1) is 12.1. The highest BCUT2D eigenvalue weighted by Gasteiger charge is 2.40. The second-order valence-electron chi connectivity index (χ2n) is 5.78. The van der Waals surface area contributed by atoms with E-state index in [-0.39, 0.29) is 5.82 Å². The van der Waals surface area contributed by atoms with Crippen LogP contribution in [0.2, 0.25) is 0 Å². The van der Waals surface area contributed by atoms with Gasteiger partial charge in [0.1, 0.15) is 5.82 Å². The average Bonchev–Trinajstić information content (AvgIpc) is 2.62. The topological polar surface area (TPSA) is 23.5 Å². The lowest BCUT2D eigenvalue weighted by molar-refractivity contribution is 0.0356. The molecule has 3 unspecified atom stereocenters. The number of piperidine rings is 1. The molecule has 1 aromatic carbocycles. The van der Waals surface area contributed by atoms with E-state index in [4.69, 9.17) is 0 Å². The summed E-state index contributed by atoms with van der Waals surface area (Å²) in [5, 5.41) is 10.4. The van der Waals surface area contributed by atoms with Crippen molar-refractivity contribution in [2.24, 2.45) is 5.92 Å². The van der Waals surface area contributed by atoms with Gasteiger partial charge in [-0.1, -0.05) is 12.1 Å². The molecule has 3 heteroatoms. The van der Waals surface area contributed by atoms with Crippen molar-refractivity contribution >= 4 is 0 Å². The zero-order valence-electron chi connectivity index (χ0n) is 10.7. The van der Waals surface area contributed by atoms with Crippen molar-refractivity contribution in [2.45, 2.75) is 43.9 Å². The van der Waals surface area contributed by atoms with Gasteiger partial charge in [-0.3, -0.25) is 0 Å². The van der Waals surface area contributed by atoms with Crippen molar-refractivity contribution in [3.05, 3.63) is 35.6 Å². The summed E-state index contributed by atoms with van der Waals surface area (Å²) in [6, 6.07) is 7.54. The number of aliphatic hydroxyl groups is 1. The molecule has 0 spiro atoms. The van der Waals surface area contributed by atoms with Gasteiger partial charge in [0.15, 0.2) is 0 Å². The minimum Gasteiger partial charge on any atom is -0.388 e. The van der Waals surface area contributed by atoms with Crippen LogP contribution in [0.15, 0.2) is 24.3 Å². The molecule has 1 N–H and O–H groups in total. The van der Waals surface area contributed by atoms with Crippen molar-refractivity contribution in [3.63, 3.8) is 0 Å². The number of nitrogens with zero attached hydrogens (tertiary/aromatic N) is 1. The number of halogens is 1. The minimum absolute atomic E-state index is 0.241. The Morgan fingerprint density at radius 3 is 2.28 bits per heavy atom. The molecule has 0 aromatic heterocycles. The first-order valence-corrected chi connectivity index (χ1v) is 6.80. The predicted molar refractivity (Wildman–Crippen MR) is 68.7 cm³/mol. The Morgan fingerprint density at radius 2 is 1.72 bits per heavy atom. The smallest absolute Gasteiger partial charge is 0.123 e. The van der Waals surface area contributed by atoms with E-state index in [0.29, 0.717) is 18.0 Å². The fourth-order valence-corrected chi connectivity index (χ4v) is 3.64. The molecule has 3 rings (SSSR count). The molecule has 2 aliphatic rings. The van der Waals surface area contributed by atoms with Crippen molar-refractivity contribution in [3.8, 4) is 0 Å². The van der Waals surface area contributed by atoms with Gasteiger partial charge >= 0.3 is 0 Å². The molecule has 2 nitrogen and oxygen atoms in total. The maximum Gasteiger partial charge on any atom is 0.123 e.